The zero-order chi connectivity index (χ0) is 32.2. The third-order valence-corrected chi connectivity index (χ3v) is 7.05. The Kier molecular flexibility index (Phi) is 32.7. The van der Waals surface area contributed by atoms with Crippen LogP contribution in [0.2, 0.25) is 0 Å². The lowest BCUT2D eigenvalue weighted by molar-refractivity contribution is -0.161. The van der Waals surface area contributed by atoms with Gasteiger partial charge in [0.15, 0.2) is 6.10 Å². The van der Waals surface area contributed by atoms with Crippen LogP contribution in [0, 0.1) is 0 Å². The fourth-order valence-electron chi connectivity index (χ4n) is 4.39. The quantitative estimate of drug-likeness (QED) is 0.0378. The Morgan fingerprint density at radius 3 is 1.73 bits per heavy atom. The van der Waals surface area contributed by atoms with Crippen LogP contribution in [0.5, 0.6) is 0 Å². The molecule has 0 bridgehead atoms. The lowest BCUT2D eigenvalue weighted by Crippen LogP contribution is -2.28. The first-order valence-electron chi connectivity index (χ1n) is 17.5. The van der Waals surface area contributed by atoms with E-state index in [2.05, 4.69) is 80.7 Å². The van der Waals surface area contributed by atoms with E-state index in [0.29, 0.717) is 12.8 Å². The van der Waals surface area contributed by atoms with Crippen LogP contribution in [-0.2, 0) is 19.1 Å². The number of allylic oxidation sites excluding steroid dienone is 12. The van der Waals surface area contributed by atoms with Gasteiger partial charge in [0.05, 0.1) is 6.61 Å². The summed E-state index contributed by atoms with van der Waals surface area (Å²) in [4.78, 5) is 24.1. The summed E-state index contributed by atoms with van der Waals surface area (Å²) in [5.41, 5.74) is 0. The summed E-state index contributed by atoms with van der Waals surface area (Å²) in [6.07, 6.45) is 45.3. The Bertz CT molecular complexity index is 833. The molecule has 0 saturated heterocycles. The number of rotatable bonds is 30. The minimum atomic E-state index is -0.808. The van der Waals surface area contributed by atoms with Crippen LogP contribution in [0.4, 0.5) is 0 Å². The van der Waals surface area contributed by atoms with Crippen molar-refractivity contribution in [2.75, 3.05) is 13.2 Å². The monoisotopic (exact) mass is 612 g/mol. The van der Waals surface area contributed by atoms with Crippen LogP contribution in [0.1, 0.15) is 142 Å². The third kappa shape index (κ3) is 32.3. The van der Waals surface area contributed by atoms with Crippen LogP contribution >= 0.6 is 0 Å². The van der Waals surface area contributed by atoms with Crippen LogP contribution in [0.3, 0.4) is 0 Å². The van der Waals surface area contributed by atoms with Gasteiger partial charge >= 0.3 is 11.9 Å². The molecule has 0 rings (SSSR count). The van der Waals surface area contributed by atoms with Crippen LogP contribution < -0.4 is 0 Å². The van der Waals surface area contributed by atoms with Crippen LogP contribution in [0.15, 0.2) is 72.9 Å². The molecule has 0 spiro atoms. The topological polar surface area (TPSA) is 72.8 Å². The summed E-state index contributed by atoms with van der Waals surface area (Å²) < 4.78 is 10.5. The molecule has 5 nitrogen and oxygen atoms in total. The molecule has 0 heterocycles. The minimum Gasteiger partial charge on any atom is -0.462 e. The van der Waals surface area contributed by atoms with Gasteiger partial charge in [-0.25, -0.2) is 0 Å². The second-order valence-electron chi connectivity index (χ2n) is 11.3. The van der Waals surface area contributed by atoms with Gasteiger partial charge in [0.25, 0.3) is 0 Å². The molecule has 0 aliphatic rings. The maximum absolute atomic E-state index is 12.1. The standard InChI is InChI=1S/C39H64O5/c1-3-5-7-9-11-13-15-17-18-19-20-22-24-26-28-30-32-34-39(42)44-37(35-40)36-43-38(41)33-31-29-27-25-23-21-16-14-12-10-8-6-4-2/h6,8,10,12,14,16-18,20,22,26,28,37,40H,3-5,7,9,11,13,15,19,21,23-25,27,29-36H2,1-2H3/b8-6+,12-10+,16-14+,18-17+,22-20+,28-26+. The van der Waals surface area contributed by atoms with Gasteiger partial charge in [-0.1, -0.05) is 138 Å². The predicted molar refractivity (Wildman–Crippen MR) is 186 cm³/mol. The van der Waals surface area contributed by atoms with Crippen LogP contribution in [-0.4, -0.2) is 36.4 Å². The van der Waals surface area contributed by atoms with Crippen molar-refractivity contribution in [1.29, 1.82) is 0 Å². The summed E-state index contributed by atoms with van der Waals surface area (Å²) in [5, 5.41) is 9.51. The first kappa shape index (κ1) is 41.3. The van der Waals surface area contributed by atoms with Gasteiger partial charge in [-0.15, -0.1) is 0 Å². The number of carbonyl (C=O) groups excluding carboxylic acids is 2. The zero-order valence-corrected chi connectivity index (χ0v) is 28.1. The van der Waals surface area contributed by atoms with Crippen LogP contribution in [0.25, 0.3) is 0 Å². The van der Waals surface area contributed by atoms with Crippen molar-refractivity contribution in [1.82, 2.24) is 0 Å². The number of esters is 2. The molecule has 0 amide bonds. The number of aliphatic hydroxyl groups excluding tert-OH is 1. The Morgan fingerprint density at radius 2 is 1.09 bits per heavy atom. The minimum absolute atomic E-state index is 0.101. The van der Waals surface area contributed by atoms with Crippen molar-refractivity contribution >= 4 is 11.9 Å². The van der Waals surface area contributed by atoms with Gasteiger partial charge in [0.2, 0.25) is 0 Å². The van der Waals surface area contributed by atoms with Gasteiger partial charge in [-0.3, -0.25) is 9.59 Å². The molecular formula is C39H64O5. The smallest absolute Gasteiger partial charge is 0.306 e. The number of unbranched alkanes of at least 4 members (excludes halogenated alkanes) is 12. The number of hydrogen-bond donors (Lipinski definition) is 1. The molecule has 44 heavy (non-hydrogen) atoms. The third-order valence-electron chi connectivity index (χ3n) is 7.05. The molecule has 250 valence electrons. The Morgan fingerprint density at radius 1 is 0.568 bits per heavy atom. The lowest BCUT2D eigenvalue weighted by Gasteiger charge is -2.15. The molecule has 1 unspecified atom stereocenters. The van der Waals surface area contributed by atoms with Crippen molar-refractivity contribution < 1.29 is 24.2 Å². The van der Waals surface area contributed by atoms with E-state index < -0.39 is 6.10 Å². The molecule has 0 saturated carbocycles. The maximum atomic E-state index is 12.1. The zero-order valence-electron chi connectivity index (χ0n) is 28.1. The van der Waals surface area contributed by atoms with Crippen molar-refractivity contribution in [2.24, 2.45) is 0 Å². The van der Waals surface area contributed by atoms with E-state index >= 15 is 0 Å². The van der Waals surface area contributed by atoms with E-state index in [4.69, 9.17) is 9.47 Å². The van der Waals surface area contributed by atoms with Crippen molar-refractivity contribution in [3.8, 4) is 0 Å². The molecule has 0 fully saturated rings. The first-order chi connectivity index (χ1) is 21.6. The van der Waals surface area contributed by atoms with Gasteiger partial charge in [-0.05, 0) is 64.2 Å². The highest BCUT2D eigenvalue weighted by Gasteiger charge is 2.15. The SMILES string of the molecule is CC/C=C/C=C/C=C/CCCCCCCC(=O)OCC(CO)OC(=O)CCC/C=C/C/C=C/C/C=C/CCCCCCCC. The molecule has 0 aliphatic carbocycles. The van der Waals surface area contributed by atoms with Crippen molar-refractivity contribution in [3.63, 3.8) is 0 Å². The summed E-state index contributed by atoms with van der Waals surface area (Å²) in [7, 11) is 0. The normalized spacial score (nSPS) is 13.1. The molecule has 1 atom stereocenters. The summed E-state index contributed by atoms with van der Waals surface area (Å²) in [6, 6.07) is 0. The van der Waals surface area contributed by atoms with Gasteiger partial charge in [0.1, 0.15) is 6.61 Å². The van der Waals surface area contributed by atoms with Gasteiger partial charge in [0, 0.05) is 12.8 Å². The summed E-state index contributed by atoms with van der Waals surface area (Å²) in [6.45, 7) is 3.91. The fourth-order valence-corrected chi connectivity index (χ4v) is 4.39. The number of carbonyl (C=O) groups is 2. The molecule has 0 aromatic rings. The number of ether oxygens (including phenoxy) is 2. The highest BCUT2D eigenvalue weighted by Crippen LogP contribution is 2.10. The Balaban J connectivity index is 3.73. The maximum Gasteiger partial charge on any atom is 0.306 e. The van der Waals surface area contributed by atoms with E-state index in [1.807, 2.05) is 6.08 Å². The second kappa shape index (κ2) is 34.8. The molecule has 5 heteroatoms. The highest BCUT2D eigenvalue weighted by molar-refractivity contribution is 5.70. The van der Waals surface area contributed by atoms with E-state index in [9.17, 15) is 14.7 Å². The molecule has 0 aromatic heterocycles. The number of hydrogen-bond acceptors (Lipinski definition) is 5. The fraction of sp³-hybridized carbons (Fsp3) is 0.641. The van der Waals surface area contributed by atoms with Crippen molar-refractivity contribution in [3.05, 3.63) is 72.9 Å². The van der Waals surface area contributed by atoms with E-state index in [-0.39, 0.29) is 31.6 Å². The average Bonchev–Trinajstić information content (AvgIpc) is 3.02. The van der Waals surface area contributed by atoms with E-state index in [1.54, 1.807) is 0 Å². The lowest BCUT2D eigenvalue weighted by atomic mass is 10.1. The van der Waals surface area contributed by atoms with E-state index in [0.717, 1.165) is 64.2 Å². The molecule has 0 aliphatic heterocycles. The summed E-state index contributed by atoms with van der Waals surface area (Å²) in [5.74, 6) is -0.685. The number of aliphatic hydroxyl groups is 1. The van der Waals surface area contributed by atoms with Gasteiger partial charge < -0.3 is 14.6 Å². The molecule has 0 aromatic carbocycles. The predicted octanol–water partition coefficient (Wildman–Crippen LogP) is 10.6. The molecule has 1 N–H and O–H groups in total. The largest absolute Gasteiger partial charge is 0.462 e. The van der Waals surface area contributed by atoms with Crippen molar-refractivity contribution in [2.45, 2.75) is 148 Å². The second-order valence-corrected chi connectivity index (χ2v) is 11.3. The Labute approximate surface area is 270 Å². The average molecular weight is 613 g/mol. The van der Waals surface area contributed by atoms with Gasteiger partial charge in [-0.2, -0.15) is 0 Å². The molecule has 0 radical (unpaired) electrons. The summed E-state index contributed by atoms with van der Waals surface area (Å²) >= 11 is 0. The Hall–Kier alpha value is -2.66. The molecular weight excluding hydrogens is 548 g/mol. The van der Waals surface area contributed by atoms with E-state index in [1.165, 1.54) is 44.9 Å². The highest BCUT2D eigenvalue weighted by atomic mass is 16.6. The first-order valence-corrected chi connectivity index (χ1v) is 17.5.